The van der Waals surface area contributed by atoms with Crippen LogP contribution in [0.5, 0.6) is 0 Å². The van der Waals surface area contributed by atoms with E-state index in [9.17, 15) is 4.79 Å². The Labute approximate surface area is 126 Å². The van der Waals surface area contributed by atoms with Gasteiger partial charge in [0.05, 0.1) is 0 Å². The second kappa shape index (κ2) is 7.88. The van der Waals surface area contributed by atoms with Gasteiger partial charge in [0.25, 0.3) is 0 Å². The van der Waals surface area contributed by atoms with Crippen LogP contribution in [0, 0.1) is 0 Å². The summed E-state index contributed by atoms with van der Waals surface area (Å²) in [6, 6.07) is 8.11. The molecule has 2 amide bonds. The molecule has 21 heavy (non-hydrogen) atoms. The van der Waals surface area contributed by atoms with Gasteiger partial charge in [-0.05, 0) is 57.0 Å². The topological polar surface area (TPSA) is 79.2 Å². The molecule has 0 aromatic heterocycles. The molecule has 1 heterocycles. The third-order valence-corrected chi connectivity index (χ3v) is 3.87. The average Bonchev–Trinajstić information content (AvgIpc) is 2.69. The predicted molar refractivity (Wildman–Crippen MR) is 87.6 cm³/mol. The van der Waals surface area contributed by atoms with Crippen molar-refractivity contribution >= 4 is 17.4 Å². The fourth-order valence-electron chi connectivity index (χ4n) is 2.86. The zero-order valence-electron chi connectivity index (χ0n) is 12.7. The number of hydrogen-bond donors (Lipinski definition) is 4. The van der Waals surface area contributed by atoms with Crippen molar-refractivity contribution in [2.45, 2.75) is 51.1 Å². The van der Waals surface area contributed by atoms with Crippen LogP contribution < -0.4 is 21.7 Å². The number of urea groups is 1. The highest BCUT2D eigenvalue weighted by atomic mass is 16.2. The summed E-state index contributed by atoms with van der Waals surface area (Å²) in [6.07, 6.45) is 6.37. The van der Waals surface area contributed by atoms with Crippen LogP contribution in [0.25, 0.3) is 0 Å². The van der Waals surface area contributed by atoms with Crippen LogP contribution in [-0.2, 0) is 0 Å². The normalized spacial score (nSPS) is 20.3. The molecule has 1 fully saturated rings. The number of nitrogens with two attached hydrogens (primary N) is 1. The van der Waals surface area contributed by atoms with Gasteiger partial charge in [0.1, 0.15) is 0 Å². The van der Waals surface area contributed by atoms with Crippen molar-refractivity contribution in [2.24, 2.45) is 5.73 Å². The van der Waals surface area contributed by atoms with Crippen LogP contribution in [0.3, 0.4) is 0 Å². The number of nitrogens with one attached hydrogen (secondary N) is 3. The zero-order chi connectivity index (χ0) is 15.1. The molecule has 0 saturated carbocycles. The Morgan fingerprint density at radius 2 is 2.00 bits per heavy atom. The number of anilines is 2. The lowest BCUT2D eigenvalue weighted by Crippen LogP contribution is -2.33. The first kappa shape index (κ1) is 15.6. The van der Waals surface area contributed by atoms with Gasteiger partial charge in [-0.15, -0.1) is 0 Å². The minimum atomic E-state index is -0.538. The first-order valence-electron chi connectivity index (χ1n) is 7.80. The van der Waals surface area contributed by atoms with Gasteiger partial charge in [-0.2, -0.15) is 0 Å². The summed E-state index contributed by atoms with van der Waals surface area (Å²) in [5.74, 6) is 0. The van der Waals surface area contributed by atoms with Crippen molar-refractivity contribution in [3.8, 4) is 0 Å². The Morgan fingerprint density at radius 1 is 1.29 bits per heavy atom. The highest BCUT2D eigenvalue weighted by Gasteiger charge is 2.14. The average molecular weight is 290 g/mol. The van der Waals surface area contributed by atoms with Crippen LogP contribution in [0.15, 0.2) is 24.3 Å². The maximum Gasteiger partial charge on any atom is 0.316 e. The molecule has 1 aliphatic rings. The van der Waals surface area contributed by atoms with Crippen LogP contribution in [0.4, 0.5) is 16.2 Å². The first-order valence-corrected chi connectivity index (χ1v) is 7.80. The maximum absolute atomic E-state index is 10.8. The van der Waals surface area contributed by atoms with Gasteiger partial charge in [-0.1, -0.05) is 12.8 Å². The molecule has 0 aliphatic carbocycles. The highest BCUT2D eigenvalue weighted by Crippen LogP contribution is 2.17. The molecule has 2 atom stereocenters. The van der Waals surface area contributed by atoms with Crippen LogP contribution in [0.2, 0.25) is 0 Å². The molecule has 0 bridgehead atoms. The van der Waals surface area contributed by atoms with E-state index in [1.54, 1.807) is 0 Å². The third kappa shape index (κ3) is 5.63. The Hall–Kier alpha value is -1.75. The van der Waals surface area contributed by atoms with Crippen LogP contribution >= 0.6 is 0 Å². The largest absolute Gasteiger partial charge is 0.383 e. The van der Waals surface area contributed by atoms with Crippen LogP contribution in [-0.4, -0.2) is 24.7 Å². The van der Waals surface area contributed by atoms with Gasteiger partial charge in [-0.25, -0.2) is 4.79 Å². The Morgan fingerprint density at radius 3 is 2.71 bits per heavy atom. The third-order valence-electron chi connectivity index (χ3n) is 3.87. The van der Waals surface area contributed by atoms with Gasteiger partial charge in [-0.3, -0.25) is 0 Å². The SMILES string of the molecule is CC(CC1CCCCCN1)Nc1ccc(NC(N)=O)cc1. The van der Waals surface area contributed by atoms with Crippen molar-refractivity contribution in [1.82, 2.24) is 5.32 Å². The molecular weight excluding hydrogens is 264 g/mol. The van der Waals surface area contributed by atoms with Gasteiger partial charge in [0.15, 0.2) is 0 Å². The molecule has 1 aliphatic heterocycles. The summed E-state index contributed by atoms with van der Waals surface area (Å²) < 4.78 is 0. The number of rotatable bonds is 5. The fourth-order valence-corrected chi connectivity index (χ4v) is 2.86. The Kier molecular flexibility index (Phi) is 5.87. The van der Waals surface area contributed by atoms with Gasteiger partial charge in [0, 0.05) is 23.5 Å². The molecule has 0 spiro atoms. The fraction of sp³-hybridized carbons (Fsp3) is 0.562. The lowest BCUT2D eigenvalue weighted by atomic mass is 10.0. The van der Waals surface area contributed by atoms with E-state index < -0.39 is 6.03 Å². The van der Waals surface area contributed by atoms with Gasteiger partial charge < -0.3 is 21.7 Å². The van der Waals surface area contributed by atoms with Crippen molar-refractivity contribution in [3.63, 3.8) is 0 Å². The van der Waals surface area contributed by atoms with E-state index in [1.807, 2.05) is 24.3 Å². The predicted octanol–water partition coefficient (Wildman–Crippen LogP) is 2.90. The highest BCUT2D eigenvalue weighted by molar-refractivity contribution is 5.87. The summed E-state index contributed by atoms with van der Waals surface area (Å²) in [4.78, 5) is 10.8. The van der Waals surface area contributed by atoms with E-state index in [0.717, 1.165) is 18.7 Å². The van der Waals surface area contributed by atoms with E-state index in [2.05, 4.69) is 22.9 Å². The lowest BCUT2D eigenvalue weighted by Gasteiger charge is -2.22. The number of carbonyl (C=O) groups excluding carboxylic acids is 1. The summed E-state index contributed by atoms with van der Waals surface area (Å²) in [7, 11) is 0. The number of benzene rings is 1. The number of carbonyl (C=O) groups is 1. The molecule has 1 aromatic carbocycles. The molecule has 2 rings (SSSR count). The first-order chi connectivity index (χ1) is 10.1. The molecule has 5 nitrogen and oxygen atoms in total. The van der Waals surface area contributed by atoms with Crippen LogP contribution in [0.1, 0.15) is 39.0 Å². The van der Waals surface area contributed by atoms with E-state index in [1.165, 1.54) is 25.7 Å². The van der Waals surface area contributed by atoms with Crippen molar-refractivity contribution in [3.05, 3.63) is 24.3 Å². The molecule has 5 N–H and O–H groups in total. The lowest BCUT2D eigenvalue weighted by molar-refractivity contribution is 0.259. The number of primary amides is 1. The smallest absolute Gasteiger partial charge is 0.316 e. The monoisotopic (exact) mass is 290 g/mol. The Balaban J connectivity index is 1.81. The second-order valence-electron chi connectivity index (χ2n) is 5.85. The van der Waals surface area contributed by atoms with E-state index in [-0.39, 0.29) is 0 Å². The molecule has 1 saturated heterocycles. The molecule has 1 aromatic rings. The summed E-state index contributed by atoms with van der Waals surface area (Å²) in [5, 5.41) is 9.69. The summed E-state index contributed by atoms with van der Waals surface area (Å²) in [6.45, 7) is 3.35. The minimum absolute atomic E-state index is 0.413. The van der Waals surface area contributed by atoms with Crippen molar-refractivity contribution < 1.29 is 4.79 Å². The molecule has 0 radical (unpaired) electrons. The molecule has 2 unspecified atom stereocenters. The quantitative estimate of drug-likeness (QED) is 0.673. The maximum atomic E-state index is 10.8. The summed E-state index contributed by atoms with van der Waals surface area (Å²) >= 11 is 0. The number of hydrogen-bond acceptors (Lipinski definition) is 3. The van der Waals surface area contributed by atoms with Gasteiger partial charge >= 0.3 is 6.03 Å². The molecule has 5 heteroatoms. The van der Waals surface area contributed by atoms with E-state index in [4.69, 9.17) is 5.73 Å². The van der Waals surface area contributed by atoms with E-state index >= 15 is 0 Å². The Bertz CT molecular complexity index is 438. The zero-order valence-corrected chi connectivity index (χ0v) is 12.7. The van der Waals surface area contributed by atoms with E-state index in [0.29, 0.717) is 17.8 Å². The molecule has 116 valence electrons. The number of amides is 2. The van der Waals surface area contributed by atoms with Crippen molar-refractivity contribution in [1.29, 1.82) is 0 Å². The minimum Gasteiger partial charge on any atom is -0.383 e. The second-order valence-corrected chi connectivity index (χ2v) is 5.85. The van der Waals surface area contributed by atoms with Gasteiger partial charge in [0.2, 0.25) is 0 Å². The van der Waals surface area contributed by atoms with Crippen molar-refractivity contribution in [2.75, 3.05) is 17.2 Å². The molecular formula is C16H26N4O. The standard InChI is InChI=1S/C16H26N4O/c1-12(11-15-5-3-2-4-10-18-15)19-13-6-8-14(9-7-13)20-16(17)21/h6-9,12,15,18-19H,2-5,10-11H2,1H3,(H3,17,20,21). The summed E-state index contributed by atoms with van der Waals surface area (Å²) in [5.41, 5.74) is 6.86.